The van der Waals surface area contributed by atoms with Crippen molar-refractivity contribution in [1.82, 2.24) is 13.8 Å². The molecule has 0 N–H and O–H groups in total. The van der Waals surface area contributed by atoms with Gasteiger partial charge in [-0.15, -0.1) is 0 Å². The molecule has 0 radical (unpaired) electrons. The molecule has 0 aliphatic heterocycles. The van der Waals surface area contributed by atoms with E-state index in [1.165, 1.54) is 4.31 Å². The number of amides is 1. The number of hydrogen-bond acceptors (Lipinski definition) is 3. The maximum absolute atomic E-state index is 13.7. The first-order valence-corrected chi connectivity index (χ1v) is 12.1. The van der Waals surface area contributed by atoms with E-state index < -0.39 is 10.0 Å². The number of benzene rings is 2. The van der Waals surface area contributed by atoms with E-state index in [1.54, 1.807) is 12.1 Å². The van der Waals surface area contributed by atoms with E-state index in [0.717, 1.165) is 23.9 Å². The molecule has 0 spiro atoms. The predicted octanol–water partition coefficient (Wildman–Crippen LogP) is 3.77. The molecule has 0 saturated heterocycles. The van der Waals surface area contributed by atoms with Gasteiger partial charge in [0.1, 0.15) is 0 Å². The Balaban J connectivity index is 1.63. The minimum absolute atomic E-state index is 0.152. The van der Waals surface area contributed by atoms with Gasteiger partial charge in [-0.2, -0.15) is 4.31 Å². The Hall–Kier alpha value is -2.64. The zero-order valence-electron chi connectivity index (χ0n) is 18.2. The van der Waals surface area contributed by atoms with Gasteiger partial charge in [0.2, 0.25) is 15.9 Å². The zero-order valence-corrected chi connectivity index (χ0v) is 19.0. The fourth-order valence-corrected chi connectivity index (χ4v) is 5.76. The lowest BCUT2D eigenvalue weighted by Crippen LogP contribution is -2.46. The molecule has 164 valence electrons. The summed E-state index contributed by atoms with van der Waals surface area (Å²) < 4.78 is 30.6. The summed E-state index contributed by atoms with van der Waals surface area (Å²) in [6.45, 7) is 3.96. The van der Waals surface area contributed by atoms with Crippen LogP contribution in [0.15, 0.2) is 65.7 Å². The number of sulfonamides is 1. The van der Waals surface area contributed by atoms with Gasteiger partial charge in [0.25, 0.3) is 0 Å². The first-order chi connectivity index (χ1) is 14.8. The smallest absolute Gasteiger partial charge is 0.244 e. The van der Waals surface area contributed by atoms with Crippen molar-refractivity contribution >= 4 is 26.7 Å². The third-order valence-electron chi connectivity index (χ3n) is 5.89. The third-order valence-corrected chi connectivity index (χ3v) is 7.97. The van der Waals surface area contributed by atoms with Crippen LogP contribution in [0.25, 0.3) is 10.8 Å². The van der Waals surface area contributed by atoms with Gasteiger partial charge in [-0.25, -0.2) is 8.42 Å². The molecule has 1 aliphatic carbocycles. The first-order valence-electron chi connectivity index (χ1n) is 10.7. The zero-order chi connectivity index (χ0) is 22.2. The van der Waals surface area contributed by atoms with Gasteiger partial charge in [-0.1, -0.05) is 36.4 Å². The molecular weight excluding hydrogens is 410 g/mol. The number of hydrogen-bond donors (Lipinski definition) is 0. The first kappa shape index (κ1) is 21.6. The van der Waals surface area contributed by atoms with Crippen LogP contribution in [0.3, 0.4) is 0 Å². The van der Waals surface area contributed by atoms with Gasteiger partial charge < -0.3 is 9.47 Å². The highest BCUT2D eigenvalue weighted by Gasteiger charge is 2.37. The SMILES string of the molecule is CC(C)N(CC(=O)N(Cc1cccn1C)C1CC1)S(=O)(=O)c1cccc2ccccc12. The van der Waals surface area contributed by atoms with Crippen molar-refractivity contribution in [3.05, 3.63) is 66.5 Å². The second-order valence-corrected chi connectivity index (χ2v) is 10.3. The number of aromatic nitrogens is 1. The summed E-state index contributed by atoms with van der Waals surface area (Å²) in [5.41, 5.74) is 1.04. The van der Waals surface area contributed by atoms with Gasteiger partial charge in [-0.3, -0.25) is 4.79 Å². The van der Waals surface area contributed by atoms with Crippen LogP contribution in [0.5, 0.6) is 0 Å². The summed E-state index contributed by atoms with van der Waals surface area (Å²) in [4.78, 5) is 15.4. The number of aryl methyl sites for hydroxylation is 1. The average molecular weight is 440 g/mol. The number of carbonyl (C=O) groups excluding carboxylic acids is 1. The Labute approximate surface area is 184 Å². The van der Waals surface area contributed by atoms with E-state index in [2.05, 4.69) is 0 Å². The molecule has 0 atom stereocenters. The highest BCUT2D eigenvalue weighted by molar-refractivity contribution is 7.89. The van der Waals surface area contributed by atoms with Crippen LogP contribution in [0.2, 0.25) is 0 Å². The third kappa shape index (κ3) is 4.38. The number of fused-ring (bicyclic) bond motifs is 1. The number of carbonyl (C=O) groups is 1. The van der Waals surface area contributed by atoms with E-state index >= 15 is 0 Å². The van der Waals surface area contributed by atoms with E-state index in [9.17, 15) is 13.2 Å². The normalized spacial score (nSPS) is 14.5. The van der Waals surface area contributed by atoms with Crippen LogP contribution in [0.4, 0.5) is 0 Å². The highest BCUT2D eigenvalue weighted by atomic mass is 32.2. The van der Waals surface area contributed by atoms with Crippen molar-refractivity contribution in [2.24, 2.45) is 7.05 Å². The van der Waals surface area contributed by atoms with Gasteiger partial charge in [-0.05, 0) is 50.3 Å². The van der Waals surface area contributed by atoms with E-state index in [0.29, 0.717) is 11.9 Å². The van der Waals surface area contributed by atoms with Crippen molar-refractivity contribution < 1.29 is 13.2 Å². The van der Waals surface area contributed by atoms with Crippen molar-refractivity contribution in [2.45, 2.75) is 50.2 Å². The van der Waals surface area contributed by atoms with Gasteiger partial charge >= 0.3 is 0 Å². The van der Waals surface area contributed by atoms with E-state index in [1.807, 2.05) is 79.0 Å². The molecule has 1 aromatic heterocycles. The molecule has 1 saturated carbocycles. The van der Waals surface area contributed by atoms with E-state index in [-0.39, 0.29) is 29.4 Å². The summed E-state index contributed by atoms with van der Waals surface area (Å²) in [5.74, 6) is -0.152. The molecule has 1 heterocycles. The molecule has 31 heavy (non-hydrogen) atoms. The Morgan fingerprint density at radius 1 is 1.06 bits per heavy atom. The van der Waals surface area contributed by atoms with Crippen molar-refractivity contribution in [3.63, 3.8) is 0 Å². The van der Waals surface area contributed by atoms with Crippen LogP contribution < -0.4 is 0 Å². The molecule has 6 nitrogen and oxygen atoms in total. The molecule has 1 fully saturated rings. The monoisotopic (exact) mass is 439 g/mol. The molecular formula is C24H29N3O3S. The maximum Gasteiger partial charge on any atom is 0.244 e. The quantitative estimate of drug-likeness (QED) is 0.537. The van der Waals surface area contributed by atoms with Crippen LogP contribution >= 0.6 is 0 Å². The molecule has 1 amide bonds. The van der Waals surface area contributed by atoms with Gasteiger partial charge in [0.15, 0.2) is 0 Å². The van der Waals surface area contributed by atoms with Crippen molar-refractivity contribution in [2.75, 3.05) is 6.54 Å². The lowest BCUT2D eigenvalue weighted by atomic mass is 10.1. The molecule has 4 rings (SSSR count). The molecule has 2 aromatic carbocycles. The van der Waals surface area contributed by atoms with Crippen molar-refractivity contribution in [3.8, 4) is 0 Å². The van der Waals surface area contributed by atoms with Gasteiger partial charge in [0.05, 0.1) is 18.0 Å². The summed E-state index contributed by atoms with van der Waals surface area (Å²) in [5, 5.41) is 1.54. The minimum atomic E-state index is -3.85. The topological polar surface area (TPSA) is 62.6 Å². The fourth-order valence-electron chi connectivity index (χ4n) is 3.96. The largest absolute Gasteiger partial charge is 0.353 e. The van der Waals surface area contributed by atoms with Gasteiger partial charge in [0, 0.05) is 36.4 Å². The standard InChI is InChI=1S/C24H29N3O3S/c1-18(2)27(31(29,30)23-12-6-9-19-8-4-5-11-22(19)23)17-24(28)26(20-13-14-20)16-21-10-7-15-25(21)3/h4-12,15,18,20H,13-14,16-17H2,1-3H3. The number of rotatable bonds is 8. The van der Waals surface area contributed by atoms with Crippen LogP contribution in [0, 0.1) is 0 Å². The van der Waals surface area contributed by atoms with Crippen molar-refractivity contribution in [1.29, 1.82) is 0 Å². The van der Waals surface area contributed by atoms with Crippen LogP contribution in [0.1, 0.15) is 32.4 Å². The fraction of sp³-hybridized carbons (Fsp3) is 0.375. The molecule has 7 heteroatoms. The van der Waals surface area contributed by atoms with Crippen LogP contribution in [-0.2, 0) is 28.4 Å². The minimum Gasteiger partial charge on any atom is -0.353 e. The Morgan fingerprint density at radius 2 is 1.77 bits per heavy atom. The second-order valence-electron chi connectivity index (χ2n) is 8.48. The second kappa shape index (κ2) is 8.48. The summed E-state index contributed by atoms with van der Waals surface area (Å²) >= 11 is 0. The summed E-state index contributed by atoms with van der Waals surface area (Å²) in [6, 6.07) is 16.5. The molecule has 0 bridgehead atoms. The molecule has 3 aromatic rings. The maximum atomic E-state index is 13.7. The summed E-state index contributed by atoms with van der Waals surface area (Å²) in [6.07, 6.45) is 3.89. The molecule has 0 unspecified atom stereocenters. The Morgan fingerprint density at radius 3 is 2.42 bits per heavy atom. The molecule has 1 aliphatic rings. The lowest BCUT2D eigenvalue weighted by Gasteiger charge is -2.30. The predicted molar refractivity (Wildman–Crippen MR) is 122 cm³/mol. The Kier molecular flexibility index (Phi) is 5.90. The highest BCUT2D eigenvalue weighted by Crippen LogP contribution is 2.30. The lowest BCUT2D eigenvalue weighted by molar-refractivity contribution is -0.133. The summed E-state index contributed by atoms with van der Waals surface area (Å²) in [7, 11) is -1.90. The average Bonchev–Trinajstić information content (AvgIpc) is 3.51. The van der Waals surface area contributed by atoms with Crippen LogP contribution in [-0.4, -0.2) is 46.7 Å². The number of nitrogens with zero attached hydrogens (tertiary/aromatic N) is 3. The van der Waals surface area contributed by atoms with E-state index in [4.69, 9.17) is 0 Å². The Bertz CT molecular complexity index is 1190.